The number of aromatic amines is 1. The fourth-order valence-corrected chi connectivity index (χ4v) is 2.90. The number of ketones is 1. The zero-order valence-corrected chi connectivity index (χ0v) is 15.6. The molecule has 7 nitrogen and oxygen atoms in total. The predicted molar refractivity (Wildman–Crippen MR) is 104 cm³/mol. The van der Waals surface area contributed by atoms with Gasteiger partial charge in [0.1, 0.15) is 12.3 Å². The van der Waals surface area contributed by atoms with E-state index in [0.29, 0.717) is 16.9 Å². The first-order valence-corrected chi connectivity index (χ1v) is 8.68. The molecule has 1 heterocycles. The minimum Gasteiger partial charge on any atom is -0.497 e. The van der Waals surface area contributed by atoms with Crippen LogP contribution in [-0.2, 0) is 9.53 Å². The van der Waals surface area contributed by atoms with Gasteiger partial charge in [-0.3, -0.25) is 14.4 Å². The number of methoxy groups -OCH3 is 1. The van der Waals surface area contributed by atoms with Crippen molar-refractivity contribution in [2.24, 2.45) is 0 Å². The van der Waals surface area contributed by atoms with E-state index in [9.17, 15) is 14.4 Å². The lowest BCUT2D eigenvalue weighted by molar-refractivity contribution is -0.141. The first kappa shape index (κ1) is 19.2. The van der Waals surface area contributed by atoms with E-state index in [1.54, 1.807) is 31.2 Å². The van der Waals surface area contributed by atoms with Crippen LogP contribution in [0.25, 0.3) is 10.9 Å². The summed E-state index contributed by atoms with van der Waals surface area (Å²) in [6, 6.07) is 13.9. The lowest BCUT2D eigenvalue weighted by Crippen LogP contribution is -2.31. The summed E-state index contributed by atoms with van der Waals surface area (Å²) >= 11 is 0. The number of Topliss-reactive ketones (excluding diaryl/α,β-unsaturated/α-hetero) is 1. The molecule has 3 aromatic rings. The number of H-pyrrole nitrogens is 1. The number of rotatable bonds is 7. The number of hydrogen-bond acceptors (Lipinski definition) is 5. The van der Waals surface area contributed by atoms with Gasteiger partial charge in [-0.15, -0.1) is 0 Å². The Kier molecular flexibility index (Phi) is 5.74. The Balaban J connectivity index is 1.53. The summed E-state index contributed by atoms with van der Waals surface area (Å²) in [5.74, 6) is -0.780. The molecule has 7 heteroatoms. The van der Waals surface area contributed by atoms with Crippen molar-refractivity contribution in [2.45, 2.75) is 6.92 Å². The maximum Gasteiger partial charge on any atom is 0.325 e. The van der Waals surface area contributed by atoms with E-state index in [0.717, 1.165) is 16.6 Å². The van der Waals surface area contributed by atoms with Crippen molar-refractivity contribution < 1.29 is 23.9 Å². The van der Waals surface area contributed by atoms with E-state index in [1.165, 1.54) is 7.11 Å². The van der Waals surface area contributed by atoms with Crippen molar-refractivity contribution >= 4 is 28.6 Å². The standard InChI is InChI=1S/C21H20N2O5/c1-13-20(16-5-3-4-6-17(16)23-13)18(24)12-28-19(25)11-22-21(26)14-7-9-15(27-2)10-8-14/h3-10,23H,11-12H2,1-2H3,(H,22,26). The fraction of sp³-hybridized carbons (Fsp3) is 0.190. The quantitative estimate of drug-likeness (QED) is 0.485. The minimum atomic E-state index is -0.687. The highest BCUT2D eigenvalue weighted by Gasteiger charge is 2.18. The number of amides is 1. The molecule has 1 amide bonds. The number of aromatic nitrogens is 1. The number of esters is 1. The summed E-state index contributed by atoms with van der Waals surface area (Å²) in [6.07, 6.45) is 0. The van der Waals surface area contributed by atoms with Crippen LogP contribution in [0.5, 0.6) is 5.75 Å². The van der Waals surface area contributed by atoms with Gasteiger partial charge >= 0.3 is 5.97 Å². The van der Waals surface area contributed by atoms with Crippen LogP contribution < -0.4 is 10.1 Å². The Morgan fingerprint density at radius 2 is 1.75 bits per heavy atom. The molecule has 0 radical (unpaired) electrons. The average molecular weight is 380 g/mol. The largest absolute Gasteiger partial charge is 0.497 e. The third kappa shape index (κ3) is 4.20. The zero-order chi connectivity index (χ0) is 20.1. The Labute approximate surface area is 161 Å². The molecule has 0 aliphatic carbocycles. The summed E-state index contributed by atoms with van der Waals surface area (Å²) < 4.78 is 10.0. The van der Waals surface area contributed by atoms with Gasteiger partial charge in [-0.2, -0.15) is 0 Å². The second kappa shape index (κ2) is 8.39. The van der Waals surface area contributed by atoms with Crippen molar-refractivity contribution in [3.05, 3.63) is 65.4 Å². The molecule has 144 valence electrons. The van der Waals surface area contributed by atoms with Crippen LogP contribution in [0.3, 0.4) is 0 Å². The van der Waals surface area contributed by atoms with E-state index in [2.05, 4.69) is 10.3 Å². The monoisotopic (exact) mass is 380 g/mol. The van der Waals surface area contributed by atoms with Crippen LogP contribution in [0.4, 0.5) is 0 Å². The number of nitrogens with one attached hydrogen (secondary N) is 2. The normalized spacial score (nSPS) is 10.5. The molecule has 0 unspecified atom stereocenters. The van der Waals surface area contributed by atoms with E-state index >= 15 is 0 Å². The topological polar surface area (TPSA) is 97.5 Å². The van der Waals surface area contributed by atoms with Crippen molar-refractivity contribution in [1.29, 1.82) is 0 Å². The second-order valence-electron chi connectivity index (χ2n) is 6.17. The highest BCUT2D eigenvalue weighted by Crippen LogP contribution is 2.22. The molecule has 0 aliphatic rings. The third-order valence-electron chi connectivity index (χ3n) is 4.28. The number of ether oxygens (including phenoxy) is 2. The number of aryl methyl sites for hydroxylation is 1. The zero-order valence-electron chi connectivity index (χ0n) is 15.6. The second-order valence-corrected chi connectivity index (χ2v) is 6.17. The Bertz CT molecular complexity index is 1020. The Morgan fingerprint density at radius 1 is 1.04 bits per heavy atom. The molecule has 0 fully saturated rings. The molecule has 0 bridgehead atoms. The third-order valence-corrected chi connectivity index (χ3v) is 4.28. The molecular weight excluding hydrogens is 360 g/mol. The van der Waals surface area contributed by atoms with Gasteiger partial charge in [0, 0.05) is 27.7 Å². The first-order chi connectivity index (χ1) is 13.5. The predicted octanol–water partition coefficient (Wildman–Crippen LogP) is 2.64. The van der Waals surface area contributed by atoms with E-state index in [1.807, 2.05) is 24.3 Å². The summed E-state index contributed by atoms with van der Waals surface area (Å²) in [5.41, 5.74) is 2.46. The molecule has 1 aromatic heterocycles. The minimum absolute atomic E-state index is 0.301. The van der Waals surface area contributed by atoms with Crippen LogP contribution in [0.15, 0.2) is 48.5 Å². The van der Waals surface area contributed by atoms with Crippen LogP contribution in [0.2, 0.25) is 0 Å². The molecule has 0 aliphatic heterocycles. The molecule has 0 atom stereocenters. The molecule has 0 saturated heterocycles. The maximum absolute atomic E-state index is 12.5. The number of benzene rings is 2. The van der Waals surface area contributed by atoms with Crippen LogP contribution in [0.1, 0.15) is 26.4 Å². The Morgan fingerprint density at radius 3 is 2.46 bits per heavy atom. The van der Waals surface area contributed by atoms with Gasteiger partial charge in [0.05, 0.1) is 7.11 Å². The summed E-state index contributed by atoms with van der Waals surface area (Å²) in [5, 5.41) is 3.25. The highest BCUT2D eigenvalue weighted by molar-refractivity contribution is 6.10. The van der Waals surface area contributed by atoms with Crippen molar-refractivity contribution in [3.8, 4) is 5.75 Å². The van der Waals surface area contributed by atoms with Gasteiger partial charge in [-0.25, -0.2) is 0 Å². The fourth-order valence-electron chi connectivity index (χ4n) is 2.90. The van der Waals surface area contributed by atoms with E-state index < -0.39 is 11.9 Å². The van der Waals surface area contributed by atoms with Crippen LogP contribution in [-0.4, -0.2) is 42.9 Å². The molecule has 3 rings (SSSR count). The van der Waals surface area contributed by atoms with Crippen LogP contribution >= 0.6 is 0 Å². The number of hydrogen-bond donors (Lipinski definition) is 2. The number of para-hydroxylation sites is 1. The lowest BCUT2D eigenvalue weighted by Gasteiger charge is -2.07. The summed E-state index contributed by atoms with van der Waals surface area (Å²) in [7, 11) is 1.53. The van der Waals surface area contributed by atoms with Gasteiger partial charge < -0.3 is 19.8 Å². The average Bonchev–Trinajstić information content (AvgIpc) is 3.06. The van der Waals surface area contributed by atoms with Crippen molar-refractivity contribution in [2.75, 3.05) is 20.3 Å². The maximum atomic E-state index is 12.5. The van der Waals surface area contributed by atoms with E-state index in [4.69, 9.17) is 9.47 Å². The molecule has 0 spiro atoms. The van der Waals surface area contributed by atoms with Crippen molar-refractivity contribution in [3.63, 3.8) is 0 Å². The number of fused-ring (bicyclic) bond motifs is 1. The number of carbonyl (C=O) groups excluding carboxylic acids is 3. The van der Waals surface area contributed by atoms with E-state index in [-0.39, 0.29) is 18.9 Å². The number of carbonyl (C=O) groups is 3. The van der Waals surface area contributed by atoms with Crippen LogP contribution in [0, 0.1) is 6.92 Å². The van der Waals surface area contributed by atoms with Gasteiger partial charge in [0.25, 0.3) is 5.91 Å². The molecule has 0 saturated carbocycles. The van der Waals surface area contributed by atoms with Gasteiger partial charge in [-0.1, -0.05) is 18.2 Å². The molecular formula is C21H20N2O5. The van der Waals surface area contributed by atoms with Gasteiger partial charge in [0.15, 0.2) is 6.61 Å². The van der Waals surface area contributed by atoms with Gasteiger partial charge in [0.2, 0.25) is 5.78 Å². The first-order valence-electron chi connectivity index (χ1n) is 8.68. The lowest BCUT2D eigenvalue weighted by atomic mass is 10.1. The Hall–Kier alpha value is -3.61. The molecule has 28 heavy (non-hydrogen) atoms. The summed E-state index contributed by atoms with van der Waals surface area (Å²) in [4.78, 5) is 39.5. The molecule has 2 N–H and O–H groups in total. The summed E-state index contributed by atoms with van der Waals surface area (Å²) in [6.45, 7) is 1.08. The molecule has 2 aromatic carbocycles. The SMILES string of the molecule is COc1ccc(C(=O)NCC(=O)OCC(=O)c2c(C)[nH]c3ccccc23)cc1. The smallest absolute Gasteiger partial charge is 0.325 e. The van der Waals surface area contributed by atoms with Gasteiger partial charge in [-0.05, 0) is 37.3 Å². The van der Waals surface area contributed by atoms with Crippen molar-refractivity contribution in [1.82, 2.24) is 10.3 Å². The highest BCUT2D eigenvalue weighted by atomic mass is 16.5.